The average molecular weight is 386 g/mol. The molecule has 0 bridgehead atoms. The Morgan fingerprint density at radius 1 is 1.00 bits per heavy atom. The van der Waals surface area contributed by atoms with Gasteiger partial charge in [0.05, 0.1) is 29.7 Å². The molecule has 0 fully saturated rings. The molecule has 5 heteroatoms. The summed E-state index contributed by atoms with van der Waals surface area (Å²) in [6.45, 7) is 4.36. The summed E-state index contributed by atoms with van der Waals surface area (Å²) in [6, 6.07) is 18.2. The zero-order valence-corrected chi connectivity index (χ0v) is 16.9. The first-order chi connectivity index (χ1) is 14.2. The first-order valence-electron chi connectivity index (χ1n) is 10.3. The quantitative estimate of drug-likeness (QED) is 0.470. The van der Waals surface area contributed by atoms with Crippen molar-refractivity contribution in [2.45, 2.75) is 45.6 Å². The Labute approximate surface area is 171 Å². The zero-order chi connectivity index (χ0) is 20.2. The van der Waals surface area contributed by atoms with Gasteiger partial charge in [-0.3, -0.25) is 4.98 Å². The van der Waals surface area contributed by atoms with Crippen LogP contribution in [-0.4, -0.2) is 24.9 Å². The van der Waals surface area contributed by atoms with E-state index < -0.39 is 0 Å². The van der Waals surface area contributed by atoms with E-state index in [-0.39, 0.29) is 6.61 Å². The molecule has 29 heavy (non-hydrogen) atoms. The molecule has 148 valence electrons. The molecule has 3 aromatic heterocycles. The van der Waals surface area contributed by atoms with Crippen molar-refractivity contribution in [1.29, 1.82) is 0 Å². The van der Waals surface area contributed by atoms with Gasteiger partial charge in [-0.15, -0.1) is 0 Å². The summed E-state index contributed by atoms with van der Waals surface area (Å²) in [6.07, 6.45) is 5.26. The Kier molecular flexibility index (Phi) is 5.67. The molecule has 4 rings (SSSR count). The molecular formula is C24H26N4O. The normalized spacial score (nSPS) is 12.4. The second-order valence-electron chi connectivity index (χ2n) is 7.32. The van der Waals surface area contributed by atoms with Crippen LogP contribution in [0.2, 0.25) is 0 Å². The Hall–Kier alpha value is -3.05. The molecule has 0 aliphatic heterocycles. The van der Waals surface area contributed by atoms with Gasteiger partial charge in [0.15, 0.2) is 5.82 Å². The van der Waals surface area contributed by atoms with Gasteiger partial charge < -0.3 is 5.11 Å². The van der Waals surface area contributed by atoms with Gasteiger partial charge in [-0.2, -0.15) is 5.10 Å². The van der Waals surface area contributed by atoms with Gasteiger partial charge in [-0.05, 0) is 43.2 Å². The maximum Gasteiger partial charge on any atom is 0.154 e. The molecular weight excluding hydrogens is 360 g/mol. The highest BCUT2D eigenvalue weighted by atomic mass is 16.3. The maximum absolute atomic E-state index is 9.39. The number of hydrogen-bond acceptors (Lipinski definition) is 4. The van der Waals surface area contributed by atoms with Crippen LogP contribution < -0.4 is 0 Å². The van der Waals surface area contributed by atoms with Crippen molar-refractivity contribution in [2.24, 2.45) is 0 Å². The number of nitrogens with zero attached hydrogens (tertiary/aromatic N) is 4. The van der Waals surface area contributed by atoms with Crippen molar-refractivity contribution in [3.8, 4) is 17.1 Å². The lowest BCUT2D eigenvalue weighted by Gasteiger charge is -2.14. The summed E-state index contributed by atoms with van der Waals surface area (Å²) in [5.41, 5.74) is 4.79. The van der Waals surface area contributed by atoms with Gasteiger partial charge in [0.1, 0.15) is 0 Å². The van der Waals surface area contributed by atoms with Gasteiger partial charge in [0.25, 0.3) is 0 Å². The number of aromatic nitrogens is 4. The van der Waals surface area contributed by atoms with Crippen LogP contribution in [0.3, 0.4) is 0 Å². The van der Waals surface area contributed by atoms with Gasteiger partial charge in [0, 0.05) is 22.6 Å². The molecule has 0 amide bonds. The second kappa shape index (κ2) is 8.53. The van der Waals surface area contributed by atoms with Gasteiger partial charge >= 0.3 is 0 Å². The van der Waals surface area contributed by atoms with E-state index >= 15 is 0 Å². The van der Waals surface area contributed by atoms with E-state index in [1.165, 1.54) is 0 Å². The number of hydrogen-bond donors (Lipinski definition) is 1. The number of rotatable bonds is 7. The lowest BCUT2D eigenvalue weighted by atomic mass is 9.96. The average Bonchev–Trinajstić information content (AvgIpc) is 3.21. The van der Waals surface area contributed by atoms with Gasteiger partial charge in [-0.1, -0.05) is 44.5 Å². The van der Waals surface area contributed by atoms with Crippen LogP contribution in [0.1, 0.15) is 50.4 Å². The summed E-state index contributed by atoms with van der Waals surface area (Å²) in [7, 11) is 0. The van der Waals surface area contributed by atoms with Crippen LogP contribution in [0.5, 0.6) is 0 Å². The highest BCUT2D eigenvalue weighted by Gasteiger charge is 2.13. The molecule has 5 nitrogen and oxygen atoms in total. The lowest BCUT2D eigenvalue weighted by molar-refractivity contribution is 0.276. The van der Waals surface area contributed by atoms with E-state index in [9.17, 15) is 5.11 Å². The van der Waals surface area contributed by atoms with Crippen LogP contribution in [0.15, 0.2) is 60.8 Å². The molecule has 4 aromatic rings. The highest BCUT2D eigenvalue weighted by Crippen LogP contribution is 2.28. The minimum Gasteiger partial charge on any atom is -0.390 e. The Morgan fingerprint density at radius 2 is 1.86 bits per heavy atom. The molecule has 0 spiro atoms. The van der Waals surface area contributed by atoms with E-state index in [2.05, 4.69) is 60.3 Å². The van der Waals surface area contributed by atoms with Gasteiger partial charge in [-0.25, -0.2) is 9.67 Å². The predicted molar refractivity (Wildman–Crippen MR) is 116 cm³/mol. The number of fused-ring (bicyclic) bond motifs is 1. The molecule has 3 heterocycles. The number of pyridine rings is 2. The molecule has 0 aliphatic rings. The molecule has 0 radical (unpaired) electrons. The summed E-state index contributed by atoms with van der Waals surface area (Å²) >= 11 is 0. The minimum absolute atomic E-state index is 0.0919. The third kappa shape index (κ3) is 3.91. The molecule has 0 unspecified atom stereocenters. The third-order valence-corrected chi connectivity index (χ3v) is 5.36. The molecule has 0 saturated heterocycles. The first kappa shape index (κ1) is 19.3. The van der Waals surface area contributed by atoms with Crippen molar-refractivity contribution in [3.63, 3.8) is 0 Å². The third-order valence-electron chi connectivity index (χ3n) is 5.36. The minimum atomic E-state index is -0.0919. The predicted octanol–water partition coefficient (Wildman–Crippen LogP) is 5.27. The van der Waals surface area contributed by atoms with Crippen molar-refractivity contribution in [1.82, 2.24) is 19.7 Å². The van der Waals surface area contributed by atoms with E-state index in [4.69, 9.17) is 4.98 Å². The number of benzene rings is 1. The lowest BCUT2D eigenvalue weighted by Crippen LogP contribution is -2.02. The maximum atomic E-state index is 9.39. The standard InChI is InChI=1S/C24H26N4O/c1-3-7-17(4-2)21-9-6-10-22(27-21)18-12-13-19-15-25-28(23(19)14-18)24-11-5-8-20(16-29)26-24/h5-6,8-15,17,29H,3-4,7,16H2,1-2H3/t17-/m0/s1. The van der Waals surface area contributed by atoms with Crippen LogP contribution in [0, 0.1) is 0 Å². The Balaban J connectivity index is 1.76. The van der Waals surface area contributed by atoms with Crippen LogP contribution in [0.4, 0.5) is 0 Å². The zero-order valence-electron chi connectivity index (χ0n) is 16.9. The summed E-state index contributed by atoms with van der Waals surface area (Å²) in [5.74, 6) is 1.19. The van der Waals surface area contributed by atoms with Crippen LogP contribution >= 0.6 is 0 Å². The van der Waals surface area contributed by atoms with E-state index in [0.29, 0.717) is 17.4 Å². The highest BCUT2D eigenvalue weighted by molar-refractivity contribution is 5.84. The summed E-state index contributed by atoms with van der Waals surface area (Å²) in [4.78, 5) is 9.47. The molecule has 1 N–H and O–H groups in total. The fourth-order valence-electron chi connectivity index (χ4n) is 3.78. The number of aliphatic hydroxyl groups excluding tert-OH is 1. The largest absolute Gasteiger partial charge is 0.390 e. The monoisotopic (exact) mass is 386 g/mol. The molecule has 1 aromatic carbocycles. The van der Waals surface area contributed by atoms with Crippen molar-refractivity contribution < 1.29 is 5.11 Å². The fraction of sp³-hybridized carbons (Fsp3) is 0.292. The SMILES string of the molecule is CCC[C@H](CC)c1cccc(-c2ccc3cnn(-c4cccc(CO)n4)c3c2)n1. The van der Waals surface area contributed by atoms with Crippen molar-refractivity contribution >= 4 is 10.9 Å². The van der Waals surface area contributed by atoms with E-state index in [1.807, 2.05) is 23.0 Å². The van der Waals surface area contributed by atoms with Crippen molar-refractivity contribution in [3.05, 3.63) is 72.2 Å². The molecule has 0 aliphatic carbocycles. The van der Waals surface area contributed by atoms with E-state index in [1.54, 1.807) is 6.07 Å². The molecule has 1 atom stereocenters. The summed E-state index contributed by atoms with van der Waals surface area (Å²) < 4.78 is 1.81. The van der Waals surface area contributed by atoms with Gasteiger partial charge in [0.2, 0.25) is 0 Å². The second-order valence-corrected chi connectivity index (χ2v) is 7.32. The van der Waals surface area contributed by atoms with Crippen LogP contribution in [0.25, 0.3) is 28.0 Å². The fourth-order valence-corrected chi connectivity index (χ4v) is 3.78. The Morgan fingerprint density at radius 3 is 2.66 bits per heavy atom. The molecule has 0 saturated carbocycles. The van der Waals surface area contributed by atoms with Crippen molar-refractivity contribution in [2.75, 3.05) is 0 Å². The first-order valence-corrected chi connectivity index (χ1v) is 10.3. The smallest absolute Gasteiger partial charge is 0.154 e. The van der Waals surface area contributed by atoms with Crippen LogP contribution in [-0.2, 0) is 6.61 Å². The topological polar surface area (TPSA) is 63.8 Å². The summed E-state index contributed by atoms with van der Waals surface area (Å²) in [5, 5.41) is 14.9. The number of aliphatic hydroxyl groups is 1. The van der Waals surface area contributed by atoms with E-state index in [0.717, 1.165) is 47.1 Å². The Bertz CT molecular complexity index is 1120.